The summed E-state index contributed by atoms with van der Waals surface area (Å²) < 4.78 is 28.7. The molecule has 2 aromatic carbocycles. The smallest absolute Gasteiger partial charge is 0.387 e. The highest BCUT2D eigenvalue weighted by Crippen LogP contribution is 2.23. The van der Waals surface area contributed by atoms with E-state index in [2.05, 4.69) is 15.0 Å². The van der Waals surface area contributed by atoms with Crippen LogP contribution in [-0.4, -0.2) is 17.5 Å². The molecule has 1 atom stereocenters. The van der Waals surface area contributed by atoms with Gasteiger partial charge in [-0.3, -0.25) is 4.79 Å². The molecule has 3 rings (SSSR count). The molecule has 1 unspecified atom stereocenters. The van der Waals surface area contributed by atoms with Gasteiger partial charge < -0.3 is 15.0 Å². The van der Waals surface area contributed by atoms with Crippen molar-refractivity contribution in [3.05, 3.63) is 65.4 Å². The zero-order chi connectivity index (χ0) is 18.7. The van der Waals surface area contributed by atoms with Crippen molar-refractivity contribution in [1.82, 2.24) is 10.3 Å². The lowest BCUT2D eigenvalue weighted by molar-refractivity contribution is -0.121. The number of carbonyl (C=O) groups is 1. The van der Waals surface area contributed by atoms with Crippen molar-refractivity contribution in [2.45, 2.75) is 32.9 Å². The normalized spacial score (nSPS) is 12.3. The number of alkyl halides is 2. The van der Waals surface area contributed by atoms with Crippen molar-refractivity contribution >= 4 is 16.8 Å². The first-order valence-corrected chi connectivity index (χ1v) is 8.34. The Morgan fingerprint density at radius 2 is 1.85 bits per heavy atom. The van der Waals surface area contributed by atoms with Gasteiger partial charge in [-0.25, -0.2) is 0 Å². The molecule has 0 aliphatic rings. The molecule has 4 nitrogen and oxygen atoms in total. The number of hydrogen-bond acceptors (Lipinski definition) is 2. The Balaban J connectivity index is 1.66. The number of rotatable bonds is 6. The molecule has 136 valence electrons. The highest BCUT2D eigenvalue weighted by atomic mass is 19.3. The van der Waals surface area contributed by atoms with Crippen LogP contribution >= 0.6 is 0 Å². The Bertz CT molecular complexity index is 904. The minimum absolute atomic E-state index is 0.0942. The van der Waals surface area contributed by atoms with Crippen molar-refractivity contribution in [1.29, 1.82) is 0 Å². The van der Waals surface area contributed by atoms with Gasteiger partial charge in [0.15, 0.2) is 0 Å². The second kappa shape index (κ2) is 7.56. The lowest BCUT2D eigenvalue weighted by Crippen LogP contribution is -2.28. The van der Waals surface area contributed by atoms with Gasteiger partial charge in [0.2, 0.25) is 5.91 Å². The molecule has 0 aliphatic carbocycles. The summed E-state index contributed by atoms with van der Waals surface area (Å²) in [5.41, 5.74) is 3.78. The number of nitrogens with one attached hydrogen (secondary N) is 2. The molecule has 0 spiro atoms. The number of ether oxygens (including phenoxy) is 1. The number of aryl methyl sites for hydroxylation is 1. The molecule has 1 aromatic heterocycles. The summed E-state index contributed by atoms with van der Waals surface area (Å²) in [7, 11) is 0. The molecule has 0 radical (unpaired) electrons. The first-order chi connectivity index (χ1) is 12.4. The number of halogens is 2. The van der Waals surface area contributed by atoms with E-state index in [1.54, 1.807) is 12.1 Å². The Morgan fingerprint density at radius 1 is 1.15 bits per heavy atom. The van der Waals surface area contributed by atoms with Crippen LogP contribution in [0.1, 0.15) is 29.8 Å². The van der Waals surface area contributed by atoms with Gasteiger partial charge >= 0.3 is 6.61 Å². The molecule has 0 fully saturated rings. The van der Waals surface area contributed by atoms with Crippen LogP contribution in [0, 0.1) is 6.92 Å². The highest BCUT2D eigenvalue weighted by molar-refractivity contribution is 5.90. The van der Waals surface area contributed by atoms with Crippen LogP contribution in [0.4, 0.5) is 8.78 Å². The Labute approximate surface area is 150 Å². The van der Waals surface area contributed by atoms with Crippen molar-refractivity contribution in [2.75, 3.05) is 0 Å². The summed E-state index contributed by atoms with van der Waals surface area (Å²) in [6, 6.07) is 13.9. The fraction of sp³-hybridized carbons (Fsp3) is 0.250. The van der Waals surface area contributed by atoms with E-state index in [4.69, 9.17) is 0 Å². The average molecular weight is 358 g/mol. The lowest BCUT2D eigenvalue weighted by Gasteiger charge is -2.15. The molecule has 26 heavy (non-hydrogen) atoms. The van der Waals surface area contributed by atoms with E-state index < -0.39 is 6.61 Å². The van der Waals surface area contributed by atoms with Gasteiger partial charge in [0.05, 0.1) is 12.5 Å². The molecule has 1 amide bonds. The standard InChI is InChI=1S/C20H20F2N2O2/c1-12(14-7-9-15(10-8-14)26-20(21)22)24-19(25)11-17-13(2)23-18-6-4-3-5-16(17)18/h3-10,12,20,23H,11H2,1-2H3,(H,24,25). The summed E-state index contributed by atoms with van der Waals surface area (Å²) in [6.07, 6.45) is 0.271. The number of hydrogen-bond donors (Lipinski definition) is 2. The molecular formula is C20H20F2N2O2. The van der Waals surface area contributed by atoms with Crippen LogP contribution in [0.25, 0.3) is 10.9 Å². The van der Waals surface area contributed by atoms with E-state index >= 15 is 0 Å². The number of aromatic nitrogens is 1. The number of carbonyl (C=O) groups excluding carboxylic acids is 1. The van der Waals surface area contributed by atoms with Crippen molar-refractivity contribution in [3.63, 3.8) is 0 Å². The van der Waals surface area contributed by atoms with Crippen LogP contribution in [0.2, 0.25) is 0 Å². The average Bonchev–Trinajstić information content (AvgIpc) is 2.90. The summed E-state index contributed by atoms with van der Waals surface area (Å²) in [6.45, 7) is 0.953. The summed E-state index contributed by atoms with van der Waals surface area (Å²) >= 11 is 0. The van der Waals surface area contributed by atoms with Crippen molar-refractivity contribution in [3.8, 4) is 5.75 Å². The Hall–Kier alpha value is -2.89. The number of amides is 1. The maximum atomic E-state index is 12.5. The third kappa shape index (κ3) is 4.02. The Morgan fingerprint density at radius 3 is 2.54 bits per heavy atom. The van der Waals surface area contributed by atoms with Crippen LogP contribution in [0.5, 0.6) is 5.75 Å². The van der Waals surface area contributed by atoms with E-state index in [1.807, 2.05) is 38.1 Å². The maximum Gasteiger partial charge on any atom is 0.387 e. The SMILES string of the molecule is Cc1[nH]c2ccccc2c1CC(=O)NC(C)c1ccc(OC(F)F)cc1. The fourth-order valence-corrected chi connectivity index (χ4v) is 3.04. The van der Waals surface area contributed by atoms with Gasteiger partial charge in [0.1, 0.15) is 5.75 Å². The van der Waals surface area contributed by atoms with E-state index in [1.165, 1.54) is 12.1 Å². The van der Waals surface area contributed by atoms with Crippen LogP contribution in [0.15, 0.2) is 48.5 Å². The topological polar surface area (TPSA) is 54.1 Å². The molecule has 1 heterocycles. The zero-order valence-corrected chi connectivity index (χ0v) is 14.6. The maximum absolute atomic E-state index is 12.5. The van der Waals surface area contributed by atoms with Crippen molar-refractivity contribution in [2.24, 2.45) is 0 Å². The molecule has 0 saturated carbocycles. The third-order valence-electron chi connectivity index (χ3n) is 4.35. The largest absolute Gasteiger partial charge is 0.435 e. The van der Waals surface area contributed by atoms with Gasteiger partial charge in [-0.15, -0.1) is 0 Å². The monoisotopic (exact) mass is 358 g/mol. The molecule has 6 heteroatoms. The highest BCUT2D eigenvalue weighted by Gasteiger charge is 2.15. The third-order valence-corrected chi connectivity index (χ3v) is 4.35. The minimum Gasteiger partial charge on any atom is -0.435 e. The number of H-pyrrole nitrogens is 1. The van der Waals surface area contributed by atoms with Gasteiger partial charge in [-0.05, 0) is 43.2 Å². The lowest BCUT2D eigenvalue weighted by atomic mass is 10.1. The molecule has 0 saturated heterocycles. The van der Waals surface area contributed by atoms with E-state index in [0.717, 1.165) is 27.7 Å². The fourth-order valence-electron chi connectivity index (χ4n) is 3.04. The zero-order valence-electron chi connectivity index (χ0n) is 14.6. The first-order valence-electron chi connectivity index (χ1n) is 8.34. The van der Waals surface area contributed by atoms with Gasteiger partial charge in [-0.2, -0.15) is 8.78 Å². The molecular weight excluding hydrogens is 338 g/mol. The number of aromatic amines is 1. The Kier molecular flexibility index (Phi) is 5.21. The molecule has 3 aromatic rings. The quantitative estimate of drug-likeness (QED) is 0.682. The first kappa shape index (κ1) is 17.9. The van der Waals surface area contributed by atoms with E-state index in [-0.39, 0.29) is 24.1 Å². The van der Waals surface area contributed by atoms with Crippen LogP contribution < -0.4 is 10.1 Å². The predicted octanol–water partition coefficient (Wildman–Crippen LogP) is 4.50. The number of fused-ring (bicyclic) bond motifs is 1. The second-order valence-corrected chi connectivity index (χ2v) is 6.19. The minimum atomic E-state index is -2.85. The van der Waals surface area contributed by atoms with E-state index in [0.29, 0.717) is 0 Å². The predicted molar refractivity (Wildman–Crippen MR) is 96.4 cm³/mol. The van der Waals surface area contributed by atoms with E-state index in [9.17, 15) is 13.6 Å². The molecule has 0 bridgehead atoms. The number of para-hydroxylation sites is 1. The van der Waals surface area contributed by atoms with Gasteiger partial charge in [0, 0.05) is 16.6 Å². The summed E-state index contributed by atoms with van der Waals surface area (Å²) in [5, 5.41) is 3.99. The molecule has 0 aliphatic heterocycles. The summed E-state index contributed by atoms with van der Waals surface area (Å²) in [5.74, 6) is -0.00467. The van der Waals surface area contributed by atoms with Crippen LogP contribution in [0.3, 0.4) is 0 Å². The number of benzene rings is 2. The summed E-state index contributed by atoms with van der Waals surface area (Å²) in [4.78, 5) is 15.7. The second-order valence-electron chi connectivity index (χ2n) is 6.19. The molecule has 2 N–H and O–H groups in total. The van der Waals surface area contributed by atoms with Crippen molar-refractivity contribution < 1.29 is 18.3 Å². The van der Waals surface area contributed by atoms with Crippen LogP contribution in [-0.2, 0) is 11.2 Å². The van der Waals surface area contributed by atoms with Gasteiger partial charge in [0.25, 0.3) is 0 Å². The van der Waals surface area contributed by atoms with Gasteiger partial charge in [-0.1, -0.05) is 30.3 Å².